The SMILES string of the molecule is CC1CN(CC(=O)NCc2ccc(F)cc2)CC(C)N1.Cl. The molecule has 1 saturated heterocycles. The Morgan fingerprint density at radius 2 is 1.86 bits per heavy atom. The van der Waals surface area contributed by atoms with E-state index in [9.17, 15) is 9.18 Å². The third-order valence-corrected chi connectivity index (χ3v) is 3.40. The summed E-state index contributed by atoms with van der Waals surface area (Å²) in [5.74, 6) is -0.250. The van der Waals surface area contributed by atoms with Crippen LogP contribution >= 0.6 is 12.4 Å². The predicted octanol–water partition coefficient (Wildman–Crippen LogP) is 1.55. The lowest BCUT2D eigenvalue weighted by atomic mass is 10.1. The van der Waals surface area contributed by atoms with Crippen molar-refractivity contribution in [3.8, 4) is 0 Å². The van der Waals surface area contributed by atoms with E-state index in [4.69, 9.17) is 0 Å². The predicted molar refractivity (Wildman–Crippen MR) is 84.0 cm³/mol. The second-order valence-corrected chi connectivity index (χ2v) is 5.57. The van der Waals surface area contributed by atoms with Crippen molar-refractivity contribution in [2.45, 2.75) is 32.5 Å². The van der Waals surface area contributed by atoms with Gasteiger partial charge in [-0.25, -0.2) is 4.39 Å². The minimum absolute atomic E-state index is 0. The number of amides is 1. The van der Waals surface area contributed by atoms with Gasteiger partial charge in [-0.3, -0.25) is 9.69 Å². The number of rotatable bonds is 4. The van der Waals surface area contributed by atoms with Gasteiger partial charge in [0, 0.05) is 31.7 Å². The molecule has 0 radical (unpaired) electrons. The van der Waals surface area contributed by atoms with E-state index in [1.807, 2.05) is 0 Å². The van der Waals surface area contributed by atoms with Gasteiger partial charge in [0.25, 0.3) is 0 Å². The van der Waals surface area contributed by atoms with E-state index in [1.54, 1.807) is 12.1 Å². The molecule has 1 aliphatic rings. The molecule has 0 aromatic heterocycles. The van der Waals surface area contributed by atoms with Gasteiger partial charge in [0.1, 0.15) is 5.82 Å². The molecule has 1 heterocycles. The van der Waals surface area contributed by atoms with Crippen LogP contribution in [0.3, 0.4) is 0 Å². The van der Waals surface area contributed by atoms with Gasteiger partial charge < -0.3 is 10.6 Å². The summed E-state index contributed by atoms with van der Waals surface area (Å²) in [7, 11) is 0. The average molecular weight is 316 g/mol. The summed E-state index contributed by atoms with van der Waals surface area (Å²) in [6.07, 6.45) is 0. The zero-order valence-corrected chi connectivity index (χ0v) is 13.3. The number of piperazine rings is 1. The van der Waals surface area contributed by atoms with Gasteiger partial charge in [-0.1, -0.05) is 12.1 Å². The molecule has 4 nitrogen and oxygen atoms in total. The molecule has 1 aromatic carbocycles. The van der Waals surface area contributed by atoms with Crippen molar-refractivity contribution in [2.24, 2.45) is 0 Å². The third-order valence-electron chi connectivity index (χ3n) is 3.40. The lowest BCUT2D eigenvalue weighted by molar-refractivity contribution is -0.122. The molecule has 1 aliphatic heterocycles. The minimum atomic E-state index is -0.260. The standard InChI is InChI=1S/C15H22FN3O.ClH/c1-11-8-19(9-12(2)18-11)10-15(20)17-7-13-3-5-14(16)6-4-13;/h3-6,11-12,18H,7-10H2,1-2H3,(H,17,20);1H. The van der Waals surface area contributed by atoms with Gasteiger partial charge in [-0.05, 0) is 31.5 Å². The topological polar surface area (TPSA) is 44.4 Å². The Morgan fingerprint density at radius 1 is 1.29 bits per heavy atom. The Morgan fingerprint density at radius 3 is 2.43 bits per heavy atom. The molecular formula is C15H23ClFN3O. The van der Waals surface area contributed by atoms with Gasteiger partial charge in [0.15, 0.2) is 0 Å². The highest BCUT2D eigenvalue weighted by molar-refractivity contribution is 5.85. The van der Waals surface area contributed by atoms with Crippen LogP contribution in [0, 0.1) is 5.82 Å². The molecule has 0 aliphatic carbocycles. The van der Waals surface area contributed by atoms with Crippen molar-refractivity contribution < 1.29 is 9.18 Å². The number of carbonyl (C=O) groups is 1. The largest absolute Gasteiger partial charge is 0.351 e. The van der Waals surface area contributed by atoms with Crippen molar-refractivity contribution in [3.63, 3.8) is 0 Å². The lowest BCUT2D eigenvalue weighted by Crippen LogP contribution is -2.55. The quantitative estimate of drug-likeness (QED) is 0.886. The molecule has 0 spiro atoms. The molecule has 2 rings (SSSR count). The second kappa shape index (κ2) is 8.32. The molecular weight excluding hydrogens is 293 g/mol. The van der Waals surface area contributed by atoms with Crippen LogP contribution in [0.15, 0.2) is 24.3 Å². The van der Waals surface area contributed by atoms with Crippen molar-refractivity contribution in [1.82, 2.24) is 15.5 Å². The van der Waals surface area contributed by atoms with Crippen LogP contribution in [-0.4, -0.2) is 42.5 Å². The highest BCUT2D eigenvalue weighted by Gasteiger charge is 2.22. The van der Waals surface area contributed by atoms with Crippen LogP contribution in [0.1, 0.15) is 19.4 Å². The molecule has 6 heteroatoms. The van der Waals surface area contributed by atoms with Gasteiger partial charge in [0.2, 0.25) is 5.91 Å². The van der Waals surface area contributed by atoms with E-state index in [-0.39, 0.29) is 24.1 Å². The van der Waals surface area contributed by atoms with Gasteiger partial charge >= 0.3 is 0 Å². The molecule has 1 amide bonds. The number of carbonyl (C=O) groups excluding carboxylic acids is 1. The van der Waals surface area contributed by atoms with E-state index in [1.165, 1.54) is 12.1 Å². The summed E-state index contributed by atoms with van der Waals surface area (Å²) in [6.45, 7) is 6.87. The van der Waals surface area contributed by atoms with Crippen molar-refractivity contribution in [3.05, 3.63) is 35.6 Å². The van der Waals surface area contributed by atoms with E-state index in [2.05, 4.69) is 29.4 Å². The first-order chi connectivity index (χ1) is 9.52. The van der Waals surface area contributed by atoms with Crippen LogP contribution in [0.5, 0.6) is 0 Å². The molecule has 1 fully saturated rings. The number of benzene rings is 1. The first kappa shape index (κ1) is 17.9. The number of hydrogen-bond acceptors (Lipinski definition) is 3. The van der Waals surface area contributed by atoms with Gasteiger partial charge in [-0.15, -0.1) is 12.4 Å². The maximum atomic E-state index is 12.8. The highest BCUT2D eigenvalue weighted by Crippen LogP contribution is 2.04. The Balaban J connectivity index is 0.00000220. The molecule has 2 atom stereocenters. The highest BCUT2D eigenvalue weighted by atomic mass is 35.5. The van der Waals surface area contributed by atoms with E-state index in [0.29, 0.717) is 25.2 Å². The maximum Gasteiger partial charge on any atom is 0.234 e. The van der Waals surface area contributed by atoms with Crippen molar-refractivity contribution in [1.29, 1.82) is 0 Å². The smallest absolute Gasteiger partial charge is 0.234 e. The van der Waals surface area contributed by atoms with Crippen LogP contribution in [0.4, 0.5) is 4.39 Å². The summed E-state index contributed by atoms with van der Waals surface area (Å²) < 4.78 is 12.8. The van der Waals surface area contributed by atoms with Gasteiger partial charge in [0.05, 0.1) is 6.54 Å². The molecule has 21 heavy (non-hydrogen) atoms. The second-order valence-electron chi connectivity index (χ2n) is 5.57. The molecule has 2 unspecified atom stereocenters. The normalized spacial score (nSPS) is 22.4. The van der Waals surface area contributed by atoms with Crippen LogP contribution < -0.4 is 10.6 Å². The zero-order chi connectivity index (χ0) is 14.5. The average Bonchev–Trinajstić information content (AvgIpc) is 2.37. The first-order valence-electron chi connectivity index (χ1n) is 7.02. The Hall–Kier alpha value is -1.17. The fourth-order valence-electron chi connectivity index (χ4n) is 2.63. The lowest BCUT2D eigenvalue weighted by Gasteiger charge is -2.35. The Labute approximate surface area is 131 Å². The molecule has 1 aromatic rings. The number of hydrogen-bond donors (Lipinski definition) is 2. The fraction of sp³-hybridized carbons (Fsp3) is 0.533. The number of nitrogens with zero attached hydrogens (tertiary/aromatic N) is 1. The van der Waals surface area contributed by atoms with Crippen molar-refractivity contribution in [2.75, 3.05) is 19.6 Å². The summed E-state index contributed by atoms with van der Waals surface area (Å²) in [6, 6.07) is 6.99. The van der Waals surface area contributed by atoms with E-state index in [0.717, 1.165) is 18.7 Å². The summed E-state index contributed by atoms with van der Waals surface area (Å²) in [4.78, 5) is 14.1. The van der Waals surface area contributed by atoms with Crippen LogP contribution in [0.2, 0.25) is 0 Å². The monoisotopic (exact) mass is 315 g/mol. The number of nitrogens with one attached hydrogen (secondary N) is 2. The third kappa shape index (κ3) is 5.99. The van der Waals surface area contributed by atoms with Gasteiger partial charge in [-0.2, -0.15) is 0 Å². The molecule has 0 saturated carbocycles. The summed E-state index contributed by atoms with van der Waals surface area (Å²) in [5.41, 5.74) is 0.904. The van der Waals surface area contributed by atoms with Crippen molar-refractivity contribution >= 4 is 18.3 Å². The summed E-state index contributed by atoms with van der Waals surface area (Å²) in [5, 5.41) is 6.31. The van der Waals surface area contributed by atoms with Crippen LogP contribution in [0.25, 0.3) is 0 Å². The zero-order valence-electron chi connectivity index (χ0n) is 12.4. The summed E-state index contributed by atoms with van der Waals surface area (Å²) >= 11 is 0. The minimum Gasteiger partial charge on any atom is -0.351 e. The number of halogens is 2. The Kier molecular flexibility index (Phi) is 7.08. The fourth-order valence-corrected chi connectivity index (χ4v) is 2.63. The molecule has 0 bridgehead atoms. The first-order valence-corrected chi connectivity index (χ1v) is 7.02. The molecule has 118 valence electrons. The van der Waals surface area contributed by atoms with Crippen LogP contribution in [-0.2, 0) is 11.3 Å². The molecule has 2 N–H and O–H groups in total. The van der Waals surface area contributed by atoms with E-state index >= 15 is 0 Å². The maximum absolute atomic E-state index is 12.8. The Bertz CT molecular complexity index is 445. The van der Waals surface area contributed by atoms with E-state index < -0.39 is 0 Å².